The van der Waals surface area contributed by atoms with Crippen LogP contribution in [0.15, 0.2) is 11.6 Å². The predicted molar refractivity (Wildman–Crippen MR) is 131 cm³/mol. The fourth-order valence-electron chi connectivity index (χ4n) is 8.64. The second-order valence-corrected chi connectivity index (χ2v) is 13.9. The molecule has 0 N–H and O–H groups in total. The van der Waals surface area contributed by atoms with E-state index in [9.17, 15) is 0 Å². The van der Waals surface area contributed by atoms with Gasteiger partial charge in [-0.1, -0.05) is 88.1 Å². The monoisotopic (exact) mass is 496 g/mol. The van der Waals surface area contributed by atoms with Crippen LogP contribution in [0.5, 0.6) is 0 Å². The average Bonchev–Trinajstić information content (AvgIpc) is 2.99. The minimum absolute atomic E-state index is 0.548. The molecule has 0 radical (unpaired) electrons. The van der Waals surface area contributed by atoms with E-state index in [1.165, 1.54) is 70.6 Å². The van der Waals surface area contributed by atoms with Gasteiger partial charge in [0.25, 0.3) is 0 Å². The Morgan fingerprint density at radius 1 is 1.00 bits per heavy atom. The maximum Gasteiger partial charge on any atom is 0.0147 e. The minimum Gasteiger partial charge on any atom is -0.0844 e. The smallest absolute Gasteiger partial charge is 0.0147 e. The molecule has 4 rings (SSSR count). The number of allylic oxidation sites excluding steroid dienone is 2. The number of rotatable bonds is 5. The number of halogens is 1. The summed E-state index contributed by atoms with van der Waals surface area (Å²) in [6, 6.07) is 0. The lowest BCUT2D eigenvalue weighted by Gasteiger charge is -2.58. The predicted octanol–water partition coefficient (Wildman–Crippen LogP) is 8.83. The first-order valence-electron chi connectivity index (χ1n) is 12.6. The zero-order valence-electron chi connectivity index (χ0n) is 19.3. The lowest BCUT2D eigenvalue weighted by molar-refractivity contribution is -0.0495. The van der Waals surface area contributed by atoms with Gasteiger partial charge >= 0.3 is 0 Å². The molecule has 3 fully saturated rings. The summed E-state index contributed by atoms with van der Waals surface area (Å²) in [4.78, 5) is 0. The molecule has 1 heteroatoms. The lowest BCUT2D eigenvalue weighted by Crippen LogP contribution is -2.50. The number of alkyl halides is 1. The van der Waals surface area contributed by atoms with Gasteiger partial charge in [0.1, 0.15) is 0 Å². The van der Waals surface area contributed by atoms with Crippen molar-refractivity contribution in [1.82, 2.24) is 0 Å². The van der Waals surface area contributed by atoms with Crippen molar-refractivity contribution in [2.45, 2.75) is 109 Å². The van der Waals surface area contributed by atoms with Crippen LogP contribution in [0.2, 0.25) is 0 Å². The Kier molecular flexibility index (Phi) is 6.35. The van der Waals surface area contributed by atoms with Crippen LogP contribution in [-0.4, -0.2) is 3.92 Å². The molecular weight excluding hydrogens is 451 g/mol. The largest absolute Gasteiger partial charge is 0.0844 e. The second kappa shape index (κ2) is 8.19. The Morgan fingerprint density at radius 2 is 1.79 bits per heavy atom. The highest BCUT2D eigenvalue weighted by atomic mass is 127. The molecule has 0 bridgehead atoms. The summed E-state index contributed by atoms with van der Waals surface area (Å²) in [5.74, 6) is 5.79. The van der Waals surface area contributed by atoms with E-state index in [4.69, 9.17) is 0 Å². The van der Waals surface area contributed by atoms with Gasteiger partial charge in [-0.15, -0.1) is 0 Å². The number of fused-ring (bicyclic) bond motifs is 5. The van der Waals surface area contributed by atoms with Crippen LogP contribution in [0.25, 0.3) is 0 Å². The number of hydrogen-bond donors (Lipinski definition) is 0. The molecular formula is C27H45I. The van der Waals surface area contributed by atoms with E-state index in [2.05, 4.69) is 63.3 Å². The Hall–Kier alpha value is 0.470. The summed E-state index contributed by atoms with van der Waals surface area (Å²) < 4.78 is 0.893. The quantitative estimate of drug-likeness (QED) is 0.203. The SMILES string of the molecule is CC(C)CCC[C@@H](C)[C@H]1CC[C@H]2[C@@H]3CC=C4C[C@@H](I)CC[C@]4(C)[C@H]3CC[C@]12C. The summed E-state index contributed by atoms with van der Waals surface area (Å²) in [6.07, 6.45) is 18.9. The second-order valence-electron chi connectivity index (χ2n) is 12.1. The Morgan fingerprint density at radius 3 is 2.54 bits per heavy atom. The Bertz CT molecular complexity index is 591. The fraction of sp³-hybridized carbons (Fsp3) is 0.926. The zero-order chi connectivity index (χ0) is 20.1. The summed E-state index contributed by atoms with van der Waals surface area (Å²) >= 11 is 2.71. The van der Waals surface area contributed by atoms with Crippen LogP contribution in [0.3, 0.4) is 0 Å². The van der Waals surface area contributed by atoms with E-state index in [0.29, 0.717) is 10.8 Å². The van der Waals surface area contributed by atoms with Crippen LogP contribution >= 0.6 is 22.6 Å². The van der Waals surface area contributed by atoms with Gasteiger partial charge in [-0.3, -0.25) is 0 Å². The van der Waals surface area contributed by atoms with Crippen LogP contribution in [-0.2, 0) is 0 Å². The molecule has 3 saturated carbocycles. The maximum absolute atomic E-state index is 2.75. The molecule has 0 spiro atoms. The standard InChI is InChI=1S/C27H45I/c1-18(2)7-6-8-19(3)23-11-12-24-22-10-9-20-17-21(28)13-15-26(20,4)25(22)14-16-27(23,24)5/h9,18-19,21-25H,6-8,10-17H2,1-5H3/t19-,21+,22+,23-,24+,25+,26+,27-/m1/s1. The topological polar surface area (TPSA) is 0 Å². The third kappa shape index (κ3) is 3.66. The van der Waals surface area contributed by atoms with Crippen molar-refractivity contribution in [3.05, 3.63) is 11.6 Å². The van der Waals surface area contributed by atoms with E-state index in [0.717, 1.165) is 39.4 Å². The van der Waals surface area contributed by atoms with Gasteiger partial charge < -0.3 is 0 Å². The normalized spacial score (nSPS) is 46.5. The zero-order valence-corrected chi connectivity index (χ0v) is 21.4. The molecule has 28 heavy (non-hydrogen) atoms. The first-order valence-corrected chi connectivity index (χ1v) is 13.8. The summed E-state index contributed by atoms with van der Waals surface area (Å²) in [6.45, 7) is 12.8. The van der Waals surface area contributed by atoms with E-state index < -0.39 is 0 Å². The fourth-order valence-corrected chi connectivity index (χ4v) is 9.43. The van der Waals surface area contributed by atoms with Crippen molar-refractivity contribution in [2.24, 2.45) is 46.3 Å². The molecule has 0 aromatic rings. The van der Waals surface area contributed by atoms with E-state index >= 15 is 0 Å². The molecule has 8 atom stereocenters. The van der Waals surface area contributed by atoms with Crippen LogP contribution in [0, 0.1) is 46.3 Å². The molecule has 160 valence electrons. The van der Waals surface area contributed by atoms with Gasteiger partial charge in [0.05, 0.1) is 0 Å². The Balaban J connectivity index is 1.49. The first kappa shape index (κ1) is 21.7. The van der Waals surface area contributed by atoms with E-state index in [1.54, 1.807) is 0 Å². The molecule has 0 aromatic carbocycles. The van der Waals surface area contributed by atoms with Crippen LogP contribution < -0.4 is 0 Å². The van der Waals surface area contributed by atoms with Gasteiger partial charge in [-0.25, -0.2) is 0 Å². The highest BCUT2D eigenvalue weighted by molar-refractivity contribution is 14.1. The van der Waals surface area contributed by atoms with Gasteiger partial charge in [-0.2, -0.15) is 0 Å². The molecule has 4 aliphatic carbocycles. The van der Waals surface area contributed by atoms with Crippen LogP contribution in [0.4, 0.5) is 0 Å². The summed E-state index contributed by atoms with van der Waals surface area (Å²) in [5.41, 5.74) is 3.05. The van der Waals surface area contributed by atoms with Crippen molar-refractivity contribution in [3.8, 4) is 0 Å². The maximum atomic E-state index is 2.75. The first-order chi connectivity index (χ1) is 13.3. The molecule has 0 nitrogen and oxygen atoms in total. The average molecular weight is 497 g/mol. The molecule has 0 aliphatic heterocycles. The third-order valence-electron chi connectivity index (χ3n) is 10.2. The highest BCUT2D eigenvalue weighted by Gasteiger charge is 2.58. The van der Waals surface area contributed by atoms with Crippen molar-refractivity contribution < 1.29 is 0 Å². The van der Waals surface area contributed by atoms with Crippen molar-refractivity contribution in [3.63, 3.8) is 0 Å². The summed E-state index contributed by atoms with van der Waals surface area (Å²) in [5, 5.41) is 0. The van der Waals surface area contributed by atoms with Gasteiger partial charge in [0.15, 0.2) is 0 Å². The van der Waals surface area contributed by atoms with Crippen LogP contribution in [0.1, 0.15) is 105 Å². The van der Waals surface area contributed by atoms with E-state index in [1.807, 2.05) is 5.57 Å². The molecule has 0 saturated heterocycles. The Labute approximate surface area is 189 Å². The molecule has 0 heterocycles. The van der Waals surface area contributed by atoms with E-state index in [-0.39, 0.29) is 0 Å². The summed E-state index contributed by atoms with van der Waals surface area (Å²) in [7, 11) is 0. The number of hydrogen-bond acceptors (Lipinski definition) is 0. The van der Waals surface area contributed by atoms with Gasteiger partial charge in [0.2, 0.25) is 0 Å². The lowest BCUT2D eigenvalue weighted by atomic mass is 9.47. The molecule has 0 aromatic heterocycles. The van der Waals surface area contributed by atoms with Crippen molar-refractivity contribution in [1.29, 1.82) is 0 Å². The van der Waals surface area contributed by atoms with Gasteiger partial charge in [0, 0.05) is 3.92 Å². The van der Waals surface area contributed by atoms with Gasteiger partial charge in [-0.05, 0) is 97.7 Å². The molecule has 0 unspecified atom stereocenters. The van der Waals surface area contributed by atoms with Crippen molar-refractivity contribution in [2.75, 3.05) is 0 Å². The molecule has 4 aliphatic rings. The minimum atomic E-state index is 0.548. The van der Waals surface area contributed by atoms with Crippen molar-refractivity contribution >= 4 is 22.6 Å². The molecule has 0 amide bonds. The highest BCUT2D eigenvalue weighted by Crippen LogP contribution is 2.67. The third-order valence-corrected chi connectivity index (χ3v) is 11.3.